The second kappa shape index (κ2) is 12.4. The van der Waals surface area contributed by atoms with E-state index in [-0.39, 0.29) is 0 Å². The first-order valence-corrected chi connectivity index (χ1v) is 13.7. The molecule has 0 aliphatic carbocycles. The number of rotatable bonds is 10. The Morgan fingerprint density at radius 2 is 1.18 bits per heavy atom. The normalized spacial score (nSPS) is 11.4. The third kappa shape index (κ3) is 6.54. The van der Waals surface area contributed by atoms with Crippen LogP contribution in [-0.4, -0.2) is 17.1 Å². The highest BCUT2D eigenvalue weighted by Gasteiger charge is 2.12. The molecule has 39 heavy (non-hydrogen) atoms. The van der Waals surface area contributed by atoms with Gasteiger partial charge < -0.3 is 5.01 Å². The fourth-order valence-corrected chi connectivity index (χ4v) is 4.90. The molecule has 0 heterocycles. The maximum absolute atomic E-state index is 3.97. The summed E-state index contributed by atoms with van der Waals surface area (Å²) in [7, 11) is 2.12. The topological polar surface area (TPSA) is 6.48 Å². The van der Waals surface area contributed by atoms with E-state index >= 15 is 0 Å². The fraction of sp³-hybridized carbons (Fsp3) is 0.135. The highest BCUT2D eigenvalue weighted by molar-refractivity contribution is 5.83. The van der Waals surface area contributed by atoms with Crippen LogP contribution in [0, 0.1) is 0 Å². The summed E-state index contributed by atoms with van der Waals surface area (Å²) in [5, 5.41) is 7.12. The first-order valence-electron chi connectivity index (χ1n) is 13.7. The molecule has 2 heteroatoms. The van der Waals surface area contributed by atoms with Crippen LogP contribution in [0.5, 0.6) is 0 Å². The predicted molar refractivity (Wildman–Crippen MR) is 168 cm³/mol. The Hall–Kier alpha value is -4.40. The van der Waals surface area contributed by atoms with Gasteiger partial charge in [0.25, 0.3) is 0 Å². The minimum absolute atomic E-state index is 0.797. The van der Waals surface area contributed by atoms with Crippen molar-refractivity contribution < 1.29 is 0 Å². The minimum atomic E-state index is 0.797. The number of fused-ring (bicyclic) bond motifs is 1. The molecule has 0 bridgehead atoms. The van der Waals surface area contributed by atoms with Gasteiger partial charge in [-0.15, -0.1) is 0 Å². The molecule has 0 saturated heterocycles. The molecule has 0 aromatic heterocycles. The van der Waals surface area contributed by atoms with E-state index in [1.54, 1.807) is 0 Å². The van der Waals surface area contributed by atoms with Gasteiger partial charge >= 0.3 is 0 Å². The van der Waals surface area contributed by atoms with Gasteiger partial charge in [0, 0.05) is 26.3 Å². The van der Waals surface area contributed by atoms with Crippen molar-refractivity contribution in [1.29, 1.82) is 0 Å². The first kappa shape index (κ1) is 26.2. The van der Waals surface area contributed by atoms with Crippen molar-refractivity contribution in [3.8, 4) is 11.1 Å². The van der Waals surface area contributed by atoms with Crippen LogP contribution in [0.15, 0.2) is 128 Å². The van der Waals surface area contributed by atoms with E-state index < -0.39 is 0 Å². The number of hydrogen-bond donors (Lipinski definition) is 0. The quantitative estimate of drug-likeness (QED) is 0.173. The number of aryl methyl sites for hydroxylation is 1. The van der Waals surface area contributed by atoms with Crippen LogP contribution in [0.3, 0.4) is 0 Å². The highest BCUT2D eigenvalue weighted by atomic mass is 15.6. The van der Waals surface area contributed by atoms with Gasteiger partial charge in [0.2, 0.25) is 0 Å². The van der Waals surface area contributed by atoms with E-state index in [4.69, 9.17) is 0 Å². The van der Waals surface area contributed by atoms with Crippen molar-refractivity contribution in [3.05, 3.63) is 156 Å². The molecule has 0 amide bonds. The van der Waals surface area contributed by atoms with E-state index in [9.17, 15) is 0 Å². The van der Waals surface area contributed by atoms with E-state index in [2.05, 4.69) is 152 Å². The van der Waals surface area contributed by atoms with Crippen LogP contribution in [0.1, 0.15) is 34.7 Å². The van der Waals surface area contributed by atoms with E-state index in [0.29, 0.717) is 0 Å². The third-order valence-corrected chi connectivity index (χ3v) is 7.33. The Morgan fingerprint density at radius 3 is 1.85 bits per heavy atom. The summed E-state index contributed by atoms with van der Waals surface area (Å²) < 4.78 is 0. The van der Waals surface area contributed by atoms with Crippen LogP contribution in [0.25, 0.3) is 34.1 Å². The molecule has 0 N–H and O–H groups in total. The molecule has 0 atom stereocenters. The molecule has 0 aliphatic rings. The number of hydrazine groups is 1. The summed E-state index contributed by atoms with van der Waals surface area (Å²) in [5.74, 6) is 0. The van der Waals surface area contributed by atoms with Crippen LogP contribution in [0.2, 0.25) is 0 Å². The van der Waals surface area contributed by atoms with Gasteiger partial charge in [-0.25, -0.2) is 5.01 Å². The maximum Gasteiger partial charge on any atom is 0.0435 e. The van der Waals surface area contributed by atoms with Crippen molar-refractivity contribution in [2.75, 3.05) is 7.05 Å². The van der Waals surface area contributed by atoms with E-state index in [1.165, 1.54) is 38.6 Å². The smallest absolute Gasteiger partial charge is 0.0435 e. The van der Waals surface area contributed by atoms with Gasteiger partial charge in [-0.05, 0) is 68.3 Å². The van der Waals surface area contributed by atoms with Gasteiger partial charge in [-0.1, -0.05) is 129 Å². The molecule has 194 valence electrons. The molecule has 0 spiro atoms. The molecular weight excluding hydrogens is 472 g/mol. The average molecular weight is 509 g/mol. The number of nitrogens with zero attached hydrogens (tertiary/aromatic N) is 2. The molecule has 5 rings (SSSR count). The Balaban J connectivity index is 1.39. The largest absolute Gasteiger partial charge is 0.315 e. The van der Waals surface area contributed by atoms with Gasteiger partial charge in [0.05, 0.1) is 0 Å². The molecule has 2 nitrogen and oxygen atoms in total. The second-order valence-electron chi connectivity index (χ2n) is 9.97. The summed E-state index contributed by atoms with van der Waals surface area (Å²) in [5.41, 5.74) is 8.72. The SMILES string of the molecule is C=Cc1ccccc1/C=C\N(C)N(Cc1ccc(-c2ccc(CC)cc2)cc1)Cc1ccc2ccccc2c1. The Morgan fingerprint density at radius 1 is 0.615 bits per heavy atom. The summed E-state index contributed by atoms with van der Waals surface area (Å²) in [6.45, 7) is 7.76. The summed E-state index contributed by atoms with van der Waals surface area (Å²) in [6, 6.07) is 41.5. The molecule has 0 unspecified atom stereocenters. The van der Waals surface area contributed by atoms with Crippen molar-refractivity contribution in [3.63, 3.8) is 0 Å². The van der Waals surface area contributed by atoms with E-state index in [1.807, 2.05) is 12.1 Å². The Kier molecular flexibility index (Phi) is 8.36. The zero-order valence-electron chi connectivity index (χ0n) is 22.9. The van der Waals surface area contributed by atoms with Crippen molar-refractivity contribution in [2.45, 2.75) is 26.4 Å². The summed E-state index contributed by atoms with van der Waals surface area (Å²) in [6.07, 6.45) is 7.28. The monoisotopic (exact) mass is 508 g/mol. The lowest BCUT2D eigenvalue weighted by Gasteiger charge is -2.31. The molecule has 0 radical (unpaired) electrons. The first-order chi connectivity index (χ1) is 19.1. The van der Waals surface area contributed by atoms with E-state index in [0.717, 1.165) is 30.6 Å². The molecule has 5 aromatic rings. The zero-order chi connectivity index (χ0) is 27.0. The lowest BCUT2D eigenvalue weighted by molar-refractivity contribution is 0.0293. The fourth-order valence-electron chi connectivity index (χ4n) is 4.90. The molecule has 0 saturated carbocycles. The lowest BCUT2D eigenvalue weighted by atomic mass is 10.0. The van der Waals surface area contributed by atoms with Gasteiger partial charge in [-0.3, -0.25) is 0 Å². The number of hydrogen-bond acceptors (Lipinski definition) is 2. The van der Waals surface area contributed by atoms with Gasteiger partial charge in [0.1, 0.15) is 0 Å². The van der Waals surface area contributed by atoms with Gasteiger partial charge in [-0.2, -0.15) is 0 Å². The van der Waals surface area contributed by atoms with Crippen molar-refractivity contribution >= 4 is 22.9 Å². The van der Waals surface area contributed by atoms with Crippen LogP contribution < -0.4 is 0 Å². The molecule has 5 aromatic carbocycles. The Labute approximate surface area is 233 Å². The zero-order valence-corrected chi connectivity index (χ0v) is 22.9. The molecule has 0 fully saturated rings. The minimum Gasteiger partial charge on any atom is -0.315 e. The highest BCUT2D eigenvalue weighted by Crippen LogP contribution is 2.23. The molecule has 0 aliphatic heterocycles. The predicted octanol–water partition coefficient (Wildman–Crippen LogP) is 9.23. The Bertz CT molecular complexity index is 1560. The third-order valence-electron chi connectivity index (χ3n) is 7.33. The lowest BCUT2D eigenvalue weighted by Crippen LogP contribution is -2.35. The van der Waals surface area contributed by atoms with Crippen LogP contribution in [-0.2, 0) is 19.5 Å². The summed E-state index contributed by atoms with van der Waals surface area (Å²) >= 11 is 0. The van der Waals surface area contributed by atoms with Crippen LogP contribution >= 0.6 is 0 Å². The van der Waals surface area contributed by atoms with Crippen LogP contribution in [0.4, 0.5) is 0 Å². The van der Waals surface area contributed by atoms with Gasteiger partial charge in [0.15, 0.2) is 0 Å². The maximum atomic E-state index is 3.97. The number of benzene rings is 5. The second-order valence-corrected chi connectivity index (χ2v) is 9.97. The van der Waals surface area contributed by atoms with Crippen molar-refractivity contribution in [2.24, 2.45) is 0 Å². The standard InChI is InChI=1S/C37H36N2/c1-4-29-14-19-35(20-15-29)36-21-16-30(17-22-36)27-39(28-31-18-23-33-11-8-9-13-37(33)26-31)38(3)25-24-34-12-7-6-10-32(34)5-2/h5-26H,2,4,27-28H2,1,3H3/b25-24-. The van der Waals surface area contributed by atoms with Crippen molar-refractivity contribution in [1.82, 2.24) is 10.0 Å². The molecular formula is C37H36N2. The summed E-state index contributed by atoms with van der Waals surface area (Å²) in [4.78, 5) is 0. The average Bonchev–Trinajstić information content (AvgIpc) is 3.00.